The smallest absolute Gasteiger partial charge is 0.102 e. The van der Waals surface area contributed by atoms with Crippen molar-refractivity contribution in [3.63, 3.8) is 0 Å². The molecular weight excluding hydrogens is 308 g/mol. The summed E-state index contributed by atoms with van der Waals surface area (Å²) in [5.41, 5.74) is 12.6. The van der Waals surface area contributed by atoms with E-state index in [1.54, 1.807) is 0 Å². The highest BCUT2D eigenvalue weighted by Gasteiger charge is 2.27. The zero-order chi connectivity index (χ0) is 18.1. The van der Waals surface area contributed by atoms with Crippen molar-refractivity contribution in [1.29, 1.82) is 10.5 Å². The molecular formula is C21H22N4. The fourth-order valence-corrected chi connectivity index (χ4v) is 3.71. The Hall–Kier alpha value is -2.98. The molecule has 4 heteroatoms. The van der Waals surface area contributed by atoms with Crippen molar-refractivity contribution < 1.29 is 0 Å². The lowest BCUT2D eigenvalue weighted by Gasteiger charge is -2.27. The number of anilines is 2. The SMILES string of the molecule is CC1CCc2c(C#N)c(N)c(C#N)c(-c3ccc(N(C)C)cc3)c2C1. The van der Waals surface area contributed by atoms with E-state index in [2.05, 4.69) is 19.1 Å². The average Bonchev–Trinajstić information content (AvgIpc) is 2.61. The molecule has 2 aromatic rings. The summed E-state index contributed by atoms with van der Waals surface area (Å²) < 4.78 is 0. The third-order valence-electron chi connectivity index (χ3n) is 5.09. The maximum atomic E-state index is 9.74. The van der Waals surface area contributed by atoms with Crippen LogP contribution in [0.15, 0.2) is 24.3 Å². The number of rotatable bonds is 2. The third kappa shape index (κ3) is 2.81. The normalized spacial score (nSPS) is 15.8. The first-order valence-corrected chi connectivity index (χ1v) is 8.53. The summed E-state index contributed by atoms with van der Waals surface area (Å²) in [6, 6.07) is 12.7. The van der Waals surface area contributed by atoms with Crippen molar-refractivity contribution in [2.45, 2.75) is 26.2 Å². The van der Waals surface area contributed by atoms with Gasteiger partial charge in [-0.1, -0.05) is 19.1 Å². The van der Waals surface area contributed by atoms with Gasteiger partial charge in [0.15, 0.2) is 0 Å². The van der Waals surface area contributed by atoms with Crippen LogP contribution in [-0.2, 0) is 12.8 Å². The molecule has 3 rings (SSSR count). The van der Waals surface area contributed by atoms with Gasteiger partial charge in [0.25, 0.3) is 0 Å². The van der Waals surface area contributed by atoms with Gasteiger partial charge >= 0.3 is 0 Å². The Balaban J connectivity index is 2.30. The first kappa shape index (κ1) is 16.9. The van der Waals surface area contributed by atoms with Gasteiger partial charge in [-0.2, -0.15) is 10.5 Å². The lowest BCUT2D eigenvalue weighted by molar-refractivity contribution is 0.501. The molecule has 126 valence electrons. The summed E-state index contributed by atoms with van der Waals surface area (Å²) >= 11 is 0. The fraction of sp³-hybridized carbons (Fsp3) is 0.333. The van der Waals surface area contributed by atoms with Gasteiger partial charge in [0.1, 0.15) is 12.1 Å². The Labute approximate surface area is 149 Å². The molecule has 0 aromatic heterocycles. The van der Waals surface area contributed by atoms with Crippen molar-refractivity contribution in [3.8, 4) is 23.3 Å². The molecule has 0 amide bonds. The summed E-state index contributed by atoms with van der Waals surface area (Å²) in [5.74, 6) is 0.536. The highest BCUT2D eigenvalue weighted by molar-refractivity contribution is 5.85. The molecule has 1 aliphatic rings. The largest absolute Gasteiger partial charge is 0.397 e. The van der Waals surface area contributed by atoms with Crippen molar-refractivity contribution in [2.75, 3.05) is 24.7 Å². The first-order chi connectivity index (χ1) is 12.0. The molecule has 1 atom stereocenters. The number of hydrogen-bond donors (Lipinski definition) is 1. The summed E-state index contributed by atoms with van der Waals surface area (Å²) in [7, 11) is 4.00. The van der Waals surface area contributed by atoms with Gasteiger partial charge < -0.3 is 10.6 Å². The second kappa shape index (κ2) is 6.49. The minimum Gasteiger partial charge on any atom is -0.397 e. The number of nitrogens with zero attached hydrogens (tertiary/aromatic N) is 3. The van der Waals surface area contributed by atoms with Gasteiger partial charge in [0.2, 0.25) is 0 Å². The number of benzene rings is 2. The second-order valence-corrected chi connectivity index (χ2v) is 7.01. The van der Waals surface area contributed by atoms with Crippen molar-refractivity contribution in [2.24, 2.45) is 5.92 Å². The highest BCUT2D eigenvalue weighted by atomic mass is 15.1. The molecule has 2 aromatic carbocycles. The Kier molecular flexibility index (Phi) is 4.38. The van der Waals surface area contributed by atoms with Crippen LogP contribution in [0.3, 0.4) is 0 Å². The van der Waals surface area contributed by atoms with Crippen LogP contribution in [-0.4, -0.2) is 14.1 Å². The van der Waals surface area contributed by atoms with Gasteiger partial charge in [-0.3, -0.25) is 0 Å². The molecule has 0 heterocycles. The number of nitrogen functional groups attached to an aromatic ring is 1. The van der Waals surface area contributed by atoms with Crippen molar-refractivity contribution >= 4 is 11.4 Å². The Bertz CT molecular complexity index is 896. The quantitative estimate of drug-likeness (QED) is 0.848. The minimum atomic E-state index is 0.324. The molecule has 0 fully saturated rings. The van der Waals surface area contributed by atoms with E-state index in [-0.39, 0.29) is 0 Å². The third-order valence-corrected chi connectivity index (χ3v) is 5.09. The van der Waals surface area contributed by atoms with Crippen LogP contribution in [0.25, 0.3) is 11.1 Å². The number of nitriles is 2. The summed E-state index contributed by atoms with van der Waals surface area (Å²) in [4.78, 5) is 2.04. The van der Waals surface area contributed by atoms with E-state index in [4.69, 9.17) is 5.73 Å². The van der Waals surface area contributed by atoms with Crippen LogP contribution < -0.4 is 10.6 Å². The number of hydrogen-bond acceptors (Lipinski definition) is 4. The molecule has 2 N–H and O–H groups in total. The zero-order valence-corrected chi connectivity index (χ0v) is 14.9. The molecule has 0 radical (unpaired) electrons. The standard InChI is InChI=1S/C21H22N4/c1-13-4-9-16-17(10-13)20(19(12-23)21(24)18(16)11-22)14-5-7-15(8-6-14)25(2)3/h5-8,13H,4,9-10,24H2,1-3H3. The summed E-state index contributed by atoms with van der Waals surface area (Å²) in [5, 5.41) is 19.3. The Morgan fingerprint density at radius 2 is 1.68 bits per heavy atom. The highest BCUT2D eigenvalue weighted by Crippen LogP contribution is 2.41. The minimum absolute atomic E-state index is 0.324. The molecule has 4 nitrogen and oxygen atoms in total. The zero-order valence-electron chi connectivity index (χ0n) is 14.9. The molecule has 0 saturated heterocycles. The topological polar surface area (TPSA) is 76.8 Å². The van der Waals surface area contributed by atoms with Crippen LogP contribution in [0, 0.1) is 28.6 Å². The van der Waals surface area contributed by atoms with E-state index >= 15 is 0 Å². The van der Waals surface area contributed by atoms with Crippen molar-refractivity contribution in [3.05, 3.63) is 46.5 Å². The monoisotopic (exact) mass is 330 g/mol. The Morgan fingerprint density at radius 3 is 2.24 bits per heavy atom. The summed E-state index contributed by atoms with van der Waals surface area (Å²) in [6.45, 7) is 2.22. The van der Waals surface area contributed by atoms with E-state index in [0.29, 0.717) is 22.7 Å². The molecule has 0 aliphatic heterocycles. The van der Waals surface area contributed by atoms with Crippen LogP contribution in [0.5, 0.6) is 0 Å². The lowest BCUT2D eigenvalue weighted by atomic mass is 9.76. The van der Waals surface area contributed by atoms with Crippen LogP contribution in [0.4, 0.5) is 11.4 Å². The molecule has 0 saturated carbocycles. The number of nitrogens with two attached hydrogens (primary N) is 1. The van der Waals surface area contributed by atoms with Gasteiger partial charge in [-0.25, -0.2) is 0 Å². The van der Waals surface area contributed by atoms with E-state index in [1.807, 2.05) is 43.3 Å². The first-order valence-electron chi connectivity index (χ1n) is 8.53. The average molecular weight is 330 g/mol. The van der Waals surface area contributed by atoms with Crippen molar-refractivity contribution in [1.82, 2.24) is 0 Å². The molecule has 0 spiro atoms. The molecule has 0 bridgehead atoms. The van der Waals surface area contributed by atoms with Crippen LogP contribution >= 0.6 is 0 Å². The Morgan fingerprint density at radius 1 is 1.04 bits per heavy atom. The van der Waals surface area contributed by atoms with Gasteiger partial charge in [-0.15, -0.1) is 0 Å². The lowest BCUT2D eigenvalue weighted by Crippen LogP contribution is -2.17. The van der Waals surface area contributed by atoms with E-state index in [9.17, 15) is 10.5 Å². The molecule has 1 aliphatic carbocycles. The molecule has 25 heavy (non-hydrogen) atoms. The van der Waals surface area contributed by atoms with Gasteiger partial charge in [-0.05, 0) is 54.0 Å². The van der Waals surface area contributed by atoms with Gasteiger partial charge in [0.05, 0.1) is 16.8 Å². The van der Waals surface area contributed by atoms with E-state index < -0.39 is 0 Å². The van der Waals surface area contributed by atoms with Gasteiger partial charge in [0, 0.05) is 25.3 Å². The maximum absolute atomic E-state index is 9.74. The maximum Gasteiger partial charge on any atom is 0.102 e. The fourth-order valence-electron chi connectivity index (χ4n) is 3.71. The van der Waals surface area contributed by atoms with Crippen LogP contribution in [0.1, 0.15) is 35.6 Å². The predicted octanol–water partition coefficient (Wildman–Crippen LogP) is 3.87. The van der Waals surface area contributed by atoms with Crippen LogP contribution in [0.2, 0.25) is 0 Å². The second-order valence-electron chi connectivity index (χ2n) is 7.01. The summed E-state index contributed by atoms with van der Waals surface area (Å²) in [6.07, 6.45) is 2.77. The van der Waals surface area contributed by atoms with E-state index in [1.165, 1.54) is 0 Å². The predicted molar refractivity (Wildman–Crippen MR) is 101 cm³/mol. The number of fused-ring (bicyclic) bond motifs is 1. The van der Waals surface area contributed by atoms with E-state index in [0.717, 1.165) is 47.2 Å². The molecule has 1 unspecified atom stereocenters.